The van der Waals surface area contributed by atoms with E-state index in [-0.39, 0.29) is 0 Å². The normalized spacial score (nSPS) is 14.3. The molecule has 0 saturated heterocycles. The van der Waals surface area contributed by atoms with Gasteiger partial charge in [-0.1, -0.05) is 0 Å². The van der Waals surface area contributed by atoms with Crippen molar-refractivity contribution in [1.29, 1.82) is 0 Å². The summed E-state index contributed by atoms with van der Waals surface area (Å²) in [7, 11) is 0. The summed E-state index contributed by atoms with van der Waals surface area (Å²) < 4.78 is 0. The molecule has 0 saturated carbocycles. The van der Waals surface area contributed by atoms with Crippen molar-refractivity contribution in [2.75, 3.05) is 19.5 Å². The van der Waals surface area contributed by atoms with Crippen LogP contribution in [-0.2, 0) is 0 Å². The SMILES string of the molecule is CCC[PH](C)(C)S. The molecule has 0 bridgehead atoms. The fraction of sp³-hybridized carbons (Fsp3) is 1.00. The predicted molar refractivity (Wildman–Crippen MR) is 44.3 cm³/mol. The first-order valence-corrected chi connectivity index (χ1v) is 7.28. The van der Waals surface area contributed by atoms with Crippen molar-refractivity contribution < 1.29 is 0 Å². The molecule has 0 N–H and O–H groups in total. The minimum atomic E-state index is -0.963. The zero-order chi connectivity index (χ0) is 5.91. The van der Waals surface area contributed by atoms with Crippen molar-refractivity contribution in [3.63, 3.8) is 0 Å². The second-order valence-electron chi connectivity index (χ2n) is 2.56. The summed E-state index contributed by atoms with van der Waals surface area (Å²) in [4.78, 5) is 0. The Morgan fingerprint density at radius 1 is 1.43 bits per heavy atom. The molecule has 0 aromatic heterocycles. The van der Waals surface area contributed by atoms with Crippen molar-refractivity contribution in [1.82, 2.24) is 0 Å². The Kier molecular flexibility index (Phi) is 3.27. The zero-order valence-electron chi connectivity index (χ0n) is 5.36. The molecule has 0 rings (SSSR count). The first kappa shape index (κ1) is 7.78. The van der Waals surface area contributed by atoms with Gasteiger partial charge in [0.2, 0.25) is 0 Å². The molecule has 0 aromatic carbocycles. The average molecular weight is 138 g/mol. The van der Waals surface area contributed by atoms with Crippen LogP contribution in [0.25, 0.3) is 0 Å². The summed E-state index contributed by atoms with van der Waals surface area (Å²) in [5.41, 5.74) is 0. The van der Waals surface area contributed by atoms with Gasteiger partial charge in [0, 0.05) is 0 Å². The molecular weight excluding hydrogens is 123 g/mol. The summed E-state index contributed by atoms with van der Waals surface area (Å²) in [5, 5.41) is 0. The monoisotopic (exact) mass is 138 g/mol. The third kappa shape index (κ3) is 6.78. The summed E-state index contributed by atoms with van der Waals surface area (Å²) in [6.45, 7) is 5.81. The van der Waals surface area contributed by atoms with E-state index in [1.54, 1.807) is 0 Å². The quantitative estimate of drug-likeness (QED) is 0.439. The van der Waals surface area contributed by atoms with Gasteiger partial charge in [-0.15, -0.1) is 0 Å². The Morgan fingerprint density at radius 3 is 1.86 bits per heavy atom. The second kappa shape index (κ2) is 2.94. The van der Waals surface area contributed by atoms with Crippen molar-refractivity contribution >= 4 is 18.7 Å². The number of hydrogen-bond acceptors (Lipinski definition) is 1. The molecule has 0 atom stereocenters. The van der Waals surface area contributed by atoms with E-state index in [1.807, 2.05) is 0 Å². The van der Waals surface area contributed by atoms with E-state index < -0.39 is 6.46 Å². The van der Waals surface area contributed by atoms with Crippen LogP contribution in [0.2, 0.25) is 0 Å². The van der Waals surface area contributed by atoms with E-state index in [1.165, 1.54) is 12.6 Å². The second-order valence-corrected chi connectivity index (χ2v) is 10.3. The van der Waals surface area contributed by atoms with Gasteiger partial charge < -0.3 is 0 Å². The molecule has 0 fully saturated rings. The Hall–Kier alpha value is 0.780. The van der Waals surface area contributed by atoms with Gasteiger partial charge in [-0.05, 0) is 0 Å². The Bertz CT molecular complexity index is 46.5. The van der Waals surface area contributed by atoms with Gasteiger partial charge >= 0.3 is 51.5 Å². The van der Waals surface area contributed by atoms with Crippen molar-refractivity contribution in [2.45, 2.75) is 13.3 Å². The summed E-state index contributed by atoms with van der Waals surface area (Å²) in [6.07, 6.45) is 2.64. The average Bonchev–Trinajstić information content (AvgIpc) is 1.30. The predicted octanol–water partition coefficient (Wildman–Crippen LogP) is 2.25. The van der Waals surface area contributed by atoms with E-state index in [9.17, 15) is 0 Å². The van der Waals surface area contributed by atoms with Crippen LogP contribution in [0.15, 0.2) is 0 Å². The van der Waals surface area contributed by atoms with Crippen molar-refractivity contribution in [3.05, 3.63) is 0 Å². The fourth-order valence-corrected chi connectivity index (χ4v) is 2.51. The first-order valence-electron chi connectivity index (χ1n) is 2.78. The molecule has 0 aliphatic heterocycles. The Labute approximate surface area is 52.2 Å². The molecule has 0 aliphatic carbocycles. The minimum absolute atomic E-state index is 0.963. The molecule has 0 aromatic rings. The maximum absolute atomic E-state index is 4.47. The molecule has 0 unspecified atom stereocenters. The van der Waals surface area contributed by atoms with Gasteiger partial charge in [0.15, 0.2) is 0 Å². The van der Waals surface area contributed by atoms with Crippen molar-refractivity contribution in [3.8, 4) is 0 Å². The topological polar surface area (TPSA) is 0 Å². The van der Waals surface area contributed by atoms with Crippen LogP contribution in [0, 0.1) is 0 Å². The summed E-state index contributed by atoms with van der Waals surface area (Å²) in [5.74, 6) is 0. The van der Waals surface area contributed by atoms with E-state index in [4.69, 9.17) is 0 Å². The van der Waals surface area contributed by atoms with Crippen LogP contribution in [0.4, 0.5) is 0 Å². The van der Waals surface area contributed by atoms with Gasteiger partial charge in [-0.3, -0.25) is 0 Å². The van der Waals surface area contributed by atoms with E-state index in [0.717, 1.165) is 0 Å². The maximum atomic E-state index is 4.47. The number of rotatable bonds is 2. The summed E-state index contributed by atoms with van der Waals surface area (Å²) >= 11 is 4.47. The first-order chi connectivity index (χ1) is 3.06. The third-order valence-electron chi connectivity index (χ3n) is 0.862. The molecule has 0 aliphatic rings. The number of hydrogen-bond donors (Lipinski definition) is 1. The molecule has 0 heterocycles. The van der Waals surface area contributed by atoms with Gasteiger partial charge in [0.25, 0.3) is 0 Å². The Balaban J connectivity index is 3.15. The molecule has 7 heavy (non-hydrogen) atoms. The summed E-state index contributed by atoms with van der Waals surface area (Å²) in [6, 6.07) is 0. The Morgan fingerprint density at radius 2 is 1.86 bits per heavy atom. The van der Waals surface area contributed by atoms with Gasteiger partial charge in [-0.25, -0.2) is 0 Å². The van der Waals surface area contributed by atoms with Crippen LogP contribution in [0.3, 0.4) is 0 Å². The van der Waals surface area contributed by atoms with E-state index in [0.29, 0.717) is 0 Å². The molecule has 0 nitrogen and oxygen atoms in total. The molecule has 0 radical (unpaired) electrons. The fourth-order valence-electron chi connectivity index (χ4n) is 0.612. The van der Waals surface area contributed by atoms with Crippen molar-refractivity contribution in [2.24, 2.45) is 0 Å². The third-order valence-corrected chi connectivity index (χ3v) is 3.26. The van der Waals surface area contributed by atoms with Gasteiger partial charge in [-0.2, -0.15) is 0 Å². The van der Waals surface area contributed by atoms with Gasteiger partial charge in [0.1, 0.15) is 0 Å². The van der Waals surface area contributed by atoms with Crippen LogP contribution in [0.5, 0.6) is 0 Å². The zero-order valence-corrected chi connectivity index (χ0v) is 7.26. The van der Waals surface area contributed by atoms with Crippen LogP contribution in [-0.4, -0.2) is 19.5 Å². The van der Waals surface area contributed by atoms with E-state index >= 15 is 0 Å². The molecular formula is C5H15PS. The molecule has 0 spiro atoms. The van der Waals surface area contributed by atoms with E-state index in [2.05, 4.69) is 32.5 Å². The van der Waals surface area contributed by atoms with Crippen LogP contribution < -0.4 is 0 Å². The van der Waals surface area contributed by atoms with Crippen LogP contribution in [0.1, 0.15) is 13.3 Å². The molecule has 2 heteroatoms. The standard InChI is InChI=1S/C5H15PS/c1-4-5-6(2,3)7/h6-7H,4-5H2,1-3H3. The molecule has 0 amide bonds. The number of thiol groups is 1. The van der Waals surface area contributed by atoms with Gasteiger partial charge in [0.05, 0.1) is 0 Å². The van der Waals surface area contributed by atoms with Crippen LogP contribution >= 0.6 is 18.7 Å². The molecule has 46 valence electrons.